The highest BCUT2D eigenvalue weighted by molar-refractivity contribution is 5.83. The van der Waals surface area contributed by atoms with Gasteiger partial charge < -0.3 is 19.4 Å². The third-order valence-electron chi connectivity index (χ3n) is 4.26. The Morgan fingerprint density at radius 3 is 2.78 bits per heavy atom. The number of anilines is 1. The van der Waals surface area contributed by atoms with E-state index in [9.17, 15) is 4.79 Å². The van der Waals surface area contributed by atoms with Gasteiger partial charge in [-0.15, -0.1) is 0 Å². The predicted molar refractivity (Wildman–Crippen MR) is 91.0 cm³/mol. The summed E-state index contributed by atoms with van der Waals surface area (Å²) in [6.45, 7) is 9.08. The van der Waals surface area contributed by atoms with Gasteiger partial charge in [-0.2, -0.15) is 0 Å². The van der Waals surface area contributed by atoms with Crippen molar-refractivity contribution in [3.63, 3.8) is 0 Å². The Hall–Kier alpha value is -1.53. The van der Waals surface area contributed by atoms with Gasteiger partial charge in [-0.05, 0) is 56.4 Å². The van der Waals surface area contributed by atoms with Crippen LogP contribution in [-0.4, -0.2) is 55.4 Å². The van der Waals surface area contributed by atoms with Gasteiger partial charge in [0.1, 0.15) is 12.4 Å². The lowest BCUT2D eigenvalue weighted by atomic mass is 9.91. The lowest BCUT2D eigenvalue weighted by Gasteiger charge is -2.30. The highest BCUT2D eigenvalue weighted by Gasteiger charge is 2.20. The van der Waals surface area contributed by atoms with E-state index in [1.54, 1.807) is 0 Å². The Kier molecular flexibility index (Phi) is 7.42. The fraction of sp³-hybridized carbons (Fsp3) is 0.706. The van der Waals surface area contributed by atoms with E-state index >= 15 is 0 Å². The molecule has 0 radical (unpaired) electrons. The van der Waals surface area contributed by atoms with Crippen LogP contribution in [0.15, 0.2) is 12.3 Å². The molecule has 6 heteroatoms. The number of amides is 1. The average Bonchev–Trinajstić information content (AvgIpc) is 3.03. The standard InChI is InChI=1S/C17H29N3O3/c1-3-9-22-10-11-23-17(21)19-16-12-15(13-18-16)14-5-7-20(4-2)8-6-14/h12-14,18H,3-11H2,1-2H3,(H,19,21). The number of carbonyl (C=O) groups is 1. The number of piperidine rings is 1. The summed E-state index contributed by atoms with van der Waals surface area (Å²) in [4.78, 5) is 17.3. The van der Waals surface area contributed by atoms with E-state index in [0.29, 0.717) is 24.9 Å². The fourth-order valence-corrected chi connectivity index (χ4v) is 2.89. The van der Waals surface area contributed by atoms with Crippen LogP contribution in [0.3, 0.4) is 0 Å². The number of likely N-dealkylation sites (tertiary alicyclic amines) is 1. The Balaban J connectivity index is 1.71. The highest BCUT2D eigenvalue weighted by Crippen LogP contribution is 2.29. The van der Waals surface area contributed by atoms with Gasteiger partial charge in [-0.1, -0.05) is 13.8 Å². The quantitative estimate of drug-likeness (QED) is 0.721. The van der Waals surface area contributed by atoms with Crippen LogP contribution in [0.25, 0.3) is 0 Å². The number of hydrogen-bond acceptors (Lipinski definition) is 4. The minimum Gasteiger partial charge on any atom is -0.447 e. The van der Waals surface area contributed by atoms with Gasteiger partial charge in [0.05, 0.1) is 6.61 Å². The second-order valence-corrected chi connectivity index (χ2v) is 5.93. The normalized spacial score (nSPS) is 16.4. The molecule has 130 valence electrons. The van der Waals surface area contributed by atoms with E-state index < -0.39 is 6.09 Å². The van der Waals surface area contributed by atoms with Crippen LogP contribution in [0.4, 0.5) is 10.6 Å². The first-order valence-corrected chi connectivity index (χ1v) is 8.65. The number of hydrogen-bond donors (Lipinski definition) is 2. The summed E-state index contributed by atoms with van der Waals surface area (Å²) in [6.07, 6.45) is 4.86. The zero-order chi connectivity index (χ0) is 16.5. The number of nitrogens with zero attached hydrogens (tertiary/aromatic N) is 1. The van der Waals surface area contributed by atoms with Crippen molar-refractivity contribution in [2.24, 2.45) is 0 Å². The first-order valence-electron chi connectivity index (χ1n) is 8.65. The summed E-state index contributed by atoms with van der Waals surface area (Å²) in [5.41, 5.74) is 1.27. The van der Waals surface area contributed by atoms with Crippen molar-refractivity contribution in [2.75, 3.05) is 44.8 Å². The van der Waals surface area contributed by atoms with Gasteiger partial charge in [0.2, 0.25) is 0 Å². The first kappa shape index (κ1) is 17.8. The summed E-state index contributed by atoms with van der Waals surface area (Å²) in [5.74, 6) is 1.26. The number of carbonyl (C=O) groups excluding carboxylic acids is 1. The molecule has 0 bridgehead atoms. The number of nitrogens with one attached hydrogen (secondary N) is 2. The van der Waals surface area contributed by atoms with Crippen LogP contribution >= 0.6 is 0 Å². The minimum absolute atomic E-state index is 0.273. The van der Waals surface area contributed by atoms with Crippen molar-refractivity contribution in [1.82, 2.24) is 9.88 Å². The third kappa shape index (κ3) is 5.88. The molecule has 1 fully saturated rings. The van der Waals surface area contributed by atoms with Gasteiger partial charge in [0.15, 0.2) is 0 Å². The van der Waals surface area contributed by atoms with E-state index in [1.165, 1.54) is 18.4 Å². The van der Waals surface area contributed by atoms with Crippen LogP contribution in [0.1, 0.15) is 44.6 Å². The molecule has 1 aliphatic rings. The van der Waals surface area contributed by atoms with E-state index in [1.807, 2.05) is 19.2 Å². The van der Waals surface area contributed by atoms with E-state index in [2.05, 4.69) is 22.1 Å². The maximum absolute atomic E-state index is 11.7. The number of ether oxygens (including phenoxy) is 2. The smallest absolute Gasteiger partial charge is 0.412 e. The lowest BCUT2D eigenvalue weighted by Crippen LogP contribution is -2.32. The molecule has 2 heterocycles. The molecule has 0 unspecified atom stereocenters. The topological polar surface area (TPSA) is 66.6 Å². The van der Waals surface area contributed by atoms with Gasteiger partial charge in [-0.25, -0.2) is 4.79 Å². The molecule has 1 saturated heterocycles. The van der Waals surface area contributed by atoms with Gasteiger partial charge in [0.25, 0.3) is 0 Å². The molecule has 1 aromatic heterocycles. The van der Waals surface area contributed by atoms with Crippen LogP contribution in [-0.2, 0) is 9.47 Å². The maximum atomic E-state index is 11.7. The first-order chi connectivity index (χ1) is 11.2. The molecular weight excluding hydrogens is 294 g/mol. The summed E-state index contributed by atoms with van der Waals surface area (Å²) < 4.78 is 10.3. The molecule has 0 spiro atoms. The zero-order valence-electron chi connectivity index (χ0n) is 14.3. The molecule has 0 aromatic carbocycles. The summed E-state index contributed by atoms with van der Waals surface area (Å²) >= 11 is 0. The number of aromatic amines is 1. The molecule has 6 nitrogen and oxygen atoms in total. The van der Waals surface area contributed by atoms with Crippen LogP contribution in [0.2, 0.25) is 0 Å². The van der Waals surface area contributed by atoms with E-state index in [-0.39, 0.29) is 6.61 Å². The van der Waals surface area contributed by atoms with E-state index in [4.69, 9.17) is 9.47 Å². The Morgan fingerprint density at radius 1 is 1.30 bits per heavy atom. The van der Waals surface area contributed by atoms with Crippen molar-refractivity contribution in [3.05, 3.63) is 17.8 Å². The largest absolute Gasteiger partial charge is 0.447 e. The number of H-pyrrole nitrogens is 1. The second-order valence-electron chi connectivity index (χ2n) is 5.93. The number of rotatable bonds is 8. The molecule has 0 atom stereocenters. The van der Waals surface area contributed by atoms with Crippen molar-refractivity contribution < 1.29 is 14.3 Å². The zero-order valence-corrected chi connectivity index (χ0v) is 14.3. The van der Waals surface area contributed by atoms with Gasteiger partial charge in [-0.3, -0.25) is 5.32 Å². The molecule has 0 aliphatic carbocycles. The molecule has 2 N–H and O–H groups in total. The molecule has 0 saturated carbocycles. The van der Waals surface area contributed by atoms with Crippen molar-refractivity contribution >= 4 is 11.9 Å². The summed E-state index contributed by atoms with van der Waals surface area (Å²) in [6, 6.07) is 2.01. The van der Waals surface area contributed by atoms with Crippen molar-refractivity contribution in [3.8, 4) is 0 Å². The van der Waals surface area contributed by atoms with Gasteiger partial charge >= 0.3 is 6.09 Å². The Morgan fingerprint density at radius 2 is 2.09 bits per heavy atom. The Bertz CT molecular complexity index is 467. The molecule has 23 heavy (non-hydrogen) atoms. The lowest BCUT2D eigenvalue weighted by molar-refractivity contribution is 0.0786. The van der Waals surface area contributed by atoms with Gasteiger partial charge in [0, 0.05) is 12.8 Å². The second kappa shape index (κ2) is 9.57. The van der Waals surface area contributed by atoms with Crippen LogP contribution < -0.4 is 5.32 Å². The molecule has 1 aliphatic heterocycles. The average molecular weight is 323 g/mol. The third-order valence-corrected chi connectivity index (χ3v) is 4.26. The Labute approximate surface area is 138 Å². The number of aromatic nitrogens is 1. The van der Waals surface area contributed by atoms with Crippen molar-refractivity contribution in [2.45, 2.75) is 39.0 Å². The maximum Gasteiger partial charge on any atom is 0.412 e. The minimum atomic E-state index is -0.445. The van der Waals surface area contributed by atoms with E-state index in [0.717, 1.165) is 26.1 Å². The monoisotopic (exact) mass is 323 g/mol. The predicted octanol–water partition coefficient (Wildman–Crippen LogP) is 3.19. The highest BCUT2D eigenvalue weighted by atomic mass is 16.6. The summed E-state index contributed by atoms with van der Waals surface area (Å²) in [7, 11) is 0. The van der Waals surface area contributed by atoms with Crippen LogP contribution in [0.5, 0.6) is 0 Å². The molecule has 1 amide bonds. The SMILES string of the molecule is CCCOCCOC(=O)Nc1cc(C2CCN(CC)CC2)c[nH]1. The van der Waals surface area contributed by atoms with Crippen LogP contribution in [0, 0.1) is 0 Å². The molecular formula is C17H29N3O3. The summed E-state index contributed by atoms with van der Waals surface area (Å²) in [5, 5.41) is 2.73. The fourth-order valence-electron chi connectivity index (χ4n) is 2.89. The molecule has 1 aromatic rings. The van der Waals surface area contributed by atoms with Crippen molar-refractivity contribution in [1.29, 1.82) is 0 Å². The molecule has 2 rings (SSSR count).